The Balaban J connectivity index is 2.45. The van der Waals surface area contributed by atoms with E-state index in [0.29, 0.717) is 0 Å². The molecule has 2 aromatic heterocycles. The van der Waals surface area contributed by atoms with E-state index in [-0.39, 0.29) is 49.0 Å². The van der Waals surface area contributed by atoms with Gasteiger partial charge in [0.25, 0.3) is 5.56 Å². The average molecular weight is 282 g/mol. The number of rotatable bonds is 6. The van der Waals surface area contributed by atoms with Crippen molar-refractivity contribution in [3.63, 3.8) is 0 Å². The Morgan fingerprint density at radius 3 is 2.90 bits per heavy atom. The molecule has 0 aromatic carbocycles. The lowest BCUT2D eigenvalue weighted by Gasteiger charge is -2.08. The van der Waals surface area contributed by atoms with Crippen LogP contribution in [0.3, 0.4) is 0 Å². The number of H-pyrrole nitrogens is 1. The molecule has 0 fully saturated rings. The highest BCUT2D eigenvalue weighted by Crippen LogP contribution is 2.15. The zero-order valence-corrected chi connectivity index (χ0v) is 10.5. The second kappa shape index (κ2) is 5.72. The number of aromatic carboxylic acids is 1. The normalized spacial score (nSPS) is 11.1. The van der Waals surface area contributed by atoms with Gasteiger partial charge in [-0.05, 0) is 6.07 Å². The molecule has 0 saturated carbocycles. The van der Waals surface area contributed by atoms with Gasteiger partial charge in [-0.15, -0.1) is 0 Å². The number of hydrogen-bond acceptors (Lipinski definition) is 6. The van der Waals surface area contributed by atoms with Crippen molar-refractivity contribution in [1.29, 1.82) is 0 Å². The number of aliphatic hydroxyl groups excluding tert-OH is 1. The summed E-state index contributed by atoms with van der Waals surface area (Å²) in [7, 11) is 0. The van der Waals surface area contributed by atoms with Crippen molar-refractivity contribution in [1.82, 2.24) is 14.5 Å². The van der Waals surface area contributed by atoms with Crippen LogP contribution in [0.5, 0.6) is 0 Å². The minimum atomic E-state index is -1.18. The highest BCUT2D eigenvalue weighted by Gasteiger charge is 2.18. The van der Waals surface area contributed by atoms with E-state index in [1.54, 1.807) is 0 Å². The molecule has 0 amide bonds. The molecule has 0 aliphatic rings. The van der Waals surface area contributed by atoms with Crippen LogP contribution in [0.15, 0.2) is 10.9 Å². The van der Waals surface area contributed by atoms with E-state index in [4.69, 9.17) is 20.7 Å². The van der Waals surface area contributed by atoms with Crippen LogP contribution in [0, 0.1) is 0 Å². The number of anilines is 1. The number of carboxylic acid groups (broad SMARTS) is 1. The van der Waals surface area contributed by atoms with Crippen molar-refractivity contribution in [3.8, 4) is 0 Å². The van der Waals surface area contributed by atoms with E-state index < -0.39 is 11.5 Å². The minimum Gasteiger partial charge on any atom is -0.477 e. The molecular formula is C11H14N4O5. The molecule has 9 heteroatoms. The minimum absolute atomic E-state index is 0.0730. The van der Waals surface area contributed by atoms with Crippen LogP contribution >= 0.6 is 0 Å². The molecule has 0 aliphatic carbocycles. The molecule has 2 rings (SSSR count). The first-order valence-electron chi connectivity index (χ1n) is 5.85. The highest BCUT2D eigenvalue weighted by molar-refractivity contribution is 5.93. The summed E-state index contributed by atoms with van der Waals surface area (Å²) in [5.41, 5.74) is 5.09. The van der Waals surface area contributed by atoms with Gasteiger partial charge in [-0.25, -0.2) is 4.79 Å². The Kier molecular flexibility index (Phi) is 4.01. The van der Waals surface area contributed by atoms with E-state index in [2.05, 4.69) is 9.97 Å². The van der Waals surface area contributed by atoms with Crippen molar-refractivity contribution < 1.29 is 19.7 Å². The molecule has 20 heavy (non-hydrogen) atoms. The average Bonchev–Trinajstić information content (AvgIpc) is 2.74. The van der Waals surface area contributed by atoms with Crippen molar-refractivity contribution in [2.45, 2.75) is 6.54 Å². The lowest BCUT2D eigenvalue weighted by molar-refractivity contribution is 0.0673. The van der Waals surface area contributed by atoms with Crippen LogP contribution in [0.4, 0.5) is 5.95 Å². The molecule has 0 spiro atoms. The highest BCUT2D eigenvalue weighted by atomic mass is 16.5. The first-order valence-corrected chi connectivity index (χ1v) is 5.85. The van der Waals surface area contributed by atoms with Crippen LogP contribution in [0.1, 0.15) is 10.5 Å². The number of hydrogen-bond donors (Lipinski definition) is 4. The third-order valence-corrected chi connectivity index (χ3v) is 2.69. The number of nitrogens with zero attached hydrogens (tertiary/aromatic N) is 2. The van der Waals surface area contributed by atoms with Gasteiger partial charge < -0.3 is 25.3 Å². The summed E-state index contributed by atoms with van der Waals surface area (Å²) in [6, 6.07) is 1.25. The number of carbonyl (C=O) groups is 1. The van der Waals surface area contributed by atoms with Crippen LogP contribution in [0.2, 0.25) is 0 Å². The molecule has 0 aliphatic heterocycles. The maximum Gasteiger partial charge on any atom is 0.352 e. The number of nitrogens with one attached hydrogen (secondary N) is 1. The van der Waals surface area contributed by atoms with E-state index >= 15 is 0 Å². The summed E-state index contributed by atoms with van der Waals surface area (Å²) in [5, 5.41) is 17.9. The molecule has 2 heterocycles. The molecule has 0 atom stereocenters. The molecule has 0 saturated heterocycles. The van der Waals surface area contributed by atoms with Gasteiger partial charge in [0.2, 0.25) is 5.95 Å². The molecule has 0 radical (unpaired) electrons. The van der Waals surface area contributed by atoms with Gasteiger partial charge in [0.1, 0.15) is 11.3 Å². The second-order valence-corrected chi connectivity index (χ2v) is 4.01. The Morgan fingerprint density at radius 2 is 2.25 bits per heavy atom. The third kappa shape index (κ3) is 2.63. The quantitative estimate of drug-likeness (QED) is 0.498. The molecule has 5 N–H and O–H groups in total. The van der Waals surface area contributed by atoms with E-state index in [9.17, 15) is 9.59 Å². The fraction of sp³-hybridized carbons (Fsp3) is 0.364. The number of aromatic nitrogens is 3. The van der Waals surface area contributed by atoms with Crippen molar-refractivity contribution in [2.24, 2.45) is 0 Å². The lowest BCUT2D eigenvalue weighted by atomic mass is 10.3. The number of carboxylic acids is 1. The van der Waals surface area contributed by atoms with Crippen molar-refractivity contribution in [2.75, 3.05) is 25.6 Å². The summed E-state index contributed by atoms with van der Waals surface area (Å²) in [6.07, 6.45) is 0. The third-order valence-electron chi connectivity index (χ3n) is 2.69. The van der Waals surface area contributed by atoms with Crippen LogP contribution in [-0.2, 0) is 11.3 Å². The number of ether oxygens (including phenoxy) is 1. The molecule has 108 valence electrons. The first-order chi connectivity index (χ1) is 9.54. The van der Waals surface area contributed by atoms with Crippen LogP contribution < -0.4 is 11.3 Å². The zero-order chi connectivity index (χ0) is 14.7. The summed E-state index contributed by atoms with van der Waals surface area (Å²) in [5.74, 6) is -1.27. The maximum atomic E-state index is 11.7. The maximum absolute atomic E-state index is 11.7. The van der Waals surface area contributed by atoms with Gasteiger partial charge in [-0.1, -0.05) is 0 Å². The van der Waals surface area contributed by atoms with E-state index in [0.717, 1.165) is 0 Å². The smallest absolute Gasteiger partial charge is 0.352 e. The van der Waals surface area contributed by atoms with Crippen LogP contribution in [0.25, 0.3) is 11.0 Å². The predicted molar refractivity (Wildman–Crippen MR) is 69.6 cm³/mol. The van der Waals surface area contributed by atoms with Gasteiger partial charge in [0, 0.05) is 6.54 Å². The van der Waals surface area contributed by atoms with Crippen LogP contribution in [-0.4, -0.2) is 50.5 Å². The Hall–Kier alpha value is -2.39. The molecule has 0 unspecified atom stereocenters. The molecular weight excluding hydrogens is 268 g/mol. The lowest BCUT2D eigenvalue weighted by Crippen LogP contribution is -2.15. The monoisotopic (exact) mass is 282 g/mol. The summed E-state index contributed by atoms with van der Waals surface area (Å²) in [4.78, 5) is 29.2. The van der Waals surface area contributed by atoms with E-state index in [1.807, 2.05) is 0 Å². The van der Waals surface area contributed by atoms with Crippen molar-refractivity contribution >= 4 is 23.0 Å². The number of aromatic amines is 1. The molecule has 2 aromatic rings. The number of aliphatic hydroxyl groups is 1. The fourth-order valence-corrected chi connectivity index (χ4v) is 1.88. The number of nitrogens with two attached hydrogens (primary N) is 1. The Morgan fingerprint density at radius 1 is 1.50 bits per heavy atom. The van der Waals surface area contributed by atoms with Crippen molar-refractivity contribution in [3.05, 3.63) is 22.1 Å². The molecule has 0 bridgehead atoms. The Bertz CT molecular complexity index is 690. The summed E-state index contributed by atoms with van der Waals surface area (Å²) < 4.78 is 6.44. The van der Waals surface area contributed by atoms with Gasteiger partial charge in [0.15, 0.2) is 0 Å². The number of nitrogen functional groups attached to an aromatic ring is 1. The zero-order valence-electron chi connectivity index (χ0n) is 10.5. The van der Waals surface area contributed by atoms with Gasteiger partial charge >= 0.3 is 5.97 Å². The molecule has 9 nitrogen and oxygen atoms in total. The number of fused-ring (bicyclic) bond motifs is 1. The standard InChI is InChI=1S/C11H14N4O5/c12-11-13-8-6(9(17)14-11)5-7(10(18)19)15(8)1-3-20-4-2-16/h5,16H,1-4H2,(H,18,19)(H3,12,13,14,17). The Labute approximate surface area is 112 Å². The van der Waals surface area contributed by atoms with Gasteiger partial charge in [0.05, 0.1) is 25.2 Å². The van der Waals surface area contributed by atoms with E-state index in [1.165, 1.54) is 10.6 Å². The van der Waals surface area contributed by atoms with Gasteiger partial charge in [-0.3, -0.25) is 9.78 Å². The fourth-order valence-electron chi connectivity index (χ4n) is 1.88. The SMILES string of the molecule is Nc1nc2c(cc(C(=O)O)n2CCOCCO)c(=O)[nH]1. The largest absolute Gasteiger partial charge is 0.477 e. The van der Waals surface area contributed by atoms with Gasteiger partial charge in [-0.2, -0.15) is 4.98 Å². The summed E-state index contributed by atoms with van der Waals surface area (Å²) >= 11 is 0. The summed E-state index contributed by atoms with van der Waals surface area (Å²) in [6.45, 7) is 0.390. The first kappa shape index (κ1) is 14.0. The second-order valence-electron chi connectivity index (χ2n) is 4.01. The predicted octanol–water partition coefficient (Wildman–Crippen LogP) is -0.986. The topological polar surface area (TPSA) is 143 Å².